The third-order valence-corrected chi connectivity index (χ3v) is 6.70. The van der Waals surface area contributed by atoms with Crippen LogP contribution < -0.4 is 5.32 Å². The summed E-state index contributed by atoms with van der Waals surface area (Å²) in [4.78, 5) is 2.36. The molecule has 1 N–H and O–H groups in total. The molecule has 2 saturated heterocycles. The Balaban J connectivity index is 1.56. The van der Waals surface area contributed by atoms with Crippen molar-refractivity contribution in [1.82, 2.24) is 10.2 Å². The Bertz CT molecular complexity index is 396. The largest absolute Gasteiger partial charge is 0.312 e. The molecule has 104 valence electrons. The van der Waals surface area contributed by atoms with Crippen LogP contribution >= 0.6 is 0 Å². The highest BCUT2D eigenvalue weighted by Crippen LogP contribution is 2.37. The highest BCUT2D eigenvalue weighted by Gasteiger charge is 2.39. The molecule has 3 unspecified atom stereocenters. The number of rotatable bonds is 2. The third-order valence-electron chi connectivity index (χ3n) is 4.98. The van der Waals surface area contributed by atoms with E-state index in [1.807, 2.05) is 0 Å². The van der Waals surface area contributed by atoms with Crippen molar-refractivity contribution in [2.45, 2.75) is 31.7 Å². The van der Waals surface area contributed by atoms with Gasteiger partial charge in [-0.05, 0) is 44.2 Å². The fraction of sp³-hybridized carbons (Fsp3) is 1.00. The maximum atomic E-state index is 11.6. The highest BCUT2D eigenvalue weighted by atomic mass is 32.2. The summed E-state index contributed by atoms with van der Waals surface area (Å²) < 4.78 is 23.2. The van der Waals surface area contributed by atoms with Gasteiger partial charge >= 0.3 is 0 Å². The van der Waals surface area contributed by atoms with Gasteiger partial charge in [-0.3, -0.25) is 0 Å². The molecule has 3 rings (SSSR count). The van der Waals surface area contributed by atoms with Crippen LogP contribution in [0.2, 0.25) is 0 Å². The predicted molar refractivity (Wildman–Crippen MR) is 72.3 cm³/mol. The Morgan fingerprint density at radius 2 is 2.00 bits per heavy atom. The summed E-state index contributed by atoms with van der Waals surface area (Å²) in [5.41, 5.74) is 0. The quantitative estimate of drug-likeness (QED) is 0.795. The lowest BCUT2D eigenvalue weighted by Crippen LogP contribution is -2.41. The molecule has 1 saturated carbocycles. The summed E-state index contributed by atoms with van der Waals surface area (Å²) >= 11 is 0. The zero-order valence-corrected chi connectivity index (χ0v) is 11.8. The molecule has 5 heteroatoms. The number of nitrogens with zero attached hydrogens (tertiary/aromatic N) is 1. The van der Waals surface area contributed by atoms with Gasteiger partial charge in [-0.15, -0.1) is 0 Å². The molecule has 0 aromatic rings. The van der Waals surface area contributed by atoms with Crippen LogP contribution in [0, 0.1) is 11.8 Å². The normalized spacial score (nSPS) is 40.6. The second-order valence-corrected chi connectivity index (χ2v) is 8.48. The zero-order chi connectivity index (χ0) is 12.6. The SMILES string of the molecule is O=S1(=O)CCCN(CC2NCC3CCCC32)CC1. The van der Waals surface area contributed by atoms with Crippen LogP contribution in [0.5, 0.6) is 0 Å². The van der Waals surface area contributed by atoms with Crippen molar-refractivity contribution in [3.63, 3.8) is 0 Å². The van der Waals surface area contributed by atoms with Gasteiger partial charge in [0.15, 0.2) is 9.84 Å². The van der Waals surface area contributed by atoms with E-state index in [1.54, 1.807) is 0 Å². The molecule has 0 aromatic heterocycles. The van der Waals surface area contributed by atoms with Gasteiger partial charge in [-0.25, -0.2) is 8.42 Å². The standard InChI is InChI=1S/C13H24N2O2S/c16-18(17)7-2-5-15(6-8-18)10-13-12-4-1-3-11(12)9-14-13/h11-14H,1-10H2. The van der Waals surface area contributed by atoms with E-state index in [9.17, 15) is 8.42 Å². The van der Waals surface area contributed by atoms with E-state index in [0.29, 0.717) is 17.5 Å². The monoisotopic (exact) mass is 272 g/mol. The molecule has 0 spiro atoms. The Hall–Kier alpha value is -0.130. The molecule has 0 aromatic carbocycles. The molecule has 1 aliphatic carbocycles. The van der Waals surface area contributed by atoms with Gasteiger partial charge in [0, 0.05) is 19.1 Å². The van der Waals surface area contributed by atoms with Gasteiger partial charge in [0.1, 0.15) is 0 Å². The molecule has 0 amide bonds. The Labute approximate surface area is 110 Å². The van der Waals surface area contributed by atoms with Crippen LogP contribution in [0.4, 0.5) is 0 Å². The minimum absolute atomic E-state index is 0.355. The molecule has 0 bridgehead atoms. The van der Waals surface area contributed by atoms with Crippen LogP contribution in [-0.4, -0.2) is 57.0 Å². The van der Waals surface area contributed by atoms with Crippen molar-refractivity contribution in [3.8, 4) is 0 Å². The van der Waals surface area contributed by atoms with Gasteiger partial charge in [0.05, 0.1) is 11.5 Å². The van der Waals surface area contributed by atoms with Crippen molar-refractivity contribution < 1.29 is 8.42 Å². The van der Waals surface area contributed by atoms with Crippen LogP contribution in [0.3, 0.4) is 0 Å². The minimum Gasteiger partial charge on any atom is -0.312 e. The third kappa shape index (κ3) is 2.73. The molecule has 2 aliphatic heterocycles. The number of nitrogens with one attached hydrogen (secondary N) is 1. The summed E-state index contributed by atoms with van der Waals surface area (Å²) in [6.45, 7) is 3.92. The smallest absolute Gasteiger partial charge is 0.151 e. The van der Waals surface area contributed by atoms with Crippen LogP contribution in [-0.2, 0) is 9.84 Å². The van der Waals surface area contributed by atoms with E-state index in [1.165, 1.54) is 25.8 Å². The lowest BCUT2D eigenvalue weighted by molar-refractivity contribution is 0.240. The predicted octanol–water partition coefficient (Wildman–Crippen LogP) is 0.495. The Morgan fingerprint density at radius 3 is 2.89 bits per heavy atom. The van der Waals surface area contributed by atoms with Gasteiger partial charge in [-0.1, -0.05) is 6.42 Å². The van der Waals surface area contributed by atoms with Crippen LogP contribution in [0.25, 0.3) is 0 Å². The Morgan fingerprint density at radius 1 is 1.11 bits per heavy atom. The number of hydrogen-bond donors (Lipinski definition) is 1. The van der Waals surface area contributed by atoms with Crippen molar-refractivity contribution in [3.05, 3.63) is 0 Å². The Kier molecular flexibility index (Phi) is 3.65. The van der Waals surface area contributed by atoms with E-state index < -0.39 is 9.84 Å². The fourth-order valence-electron chi connectivity index (χ4n) is 3.95. The van der Waals surface area contributed by atoms with Gasteiger partial charge < -0.3 is 10.2 Å². The van der Waals surface area contributed by atoms with E-state index >= 15 is 0 Å². The summed E-state index contributed by atoms with van der Waals surface area (Å²) in [7, 11) is -2.77. The molecule has 3 aliphatic rings. The molecule has 3 atom stereocenters. The first kappa shape index (κ1) is 12.9. The molecule has 3 fully saturated rings. The summed E-state index contributed by atoms with van der Waals surface area (Å²) in [5.74, 6) is 2.48. The van der Waals surface area contributed by atoms with Gasteiger partial charge in [0.25, 0.3) is 0 Å². The van der Waals surface area contributed by atoms with Crippen molar-refractivity contribution >= 4 is 9.84 Å². The van der Waals surface area contributed by atoms with E-state index in [-0.39, 0.29) is 0 Å². The first-order chi connectivity index (χ1) is 8.64. The number of fused-ring (bicyclic) bond motifs is 1. The average molecular weight is 272 g/mol. The summed E-state index contributed by atoms with van der Waals surface area (Å²) in [6.07, 6.45) is 4.96. The fourth-order valence-corrected chi connectivity index (χ4v) is 5.26. The summed E-state index contributed by atoms with van der Waals surface area (Å²) in [5, 5.41) is 3.66. The second-order valence-electron chi connectivity index (χ2n) is 6.18. The van der Waals surface area contributed by atoms with Gasteiger partial charge in [-0.2, -0.15) is 0 Å². The highest BCUT2D eigenvalue weighted by molar-refractivity contribution is 7.91. The van der Waals surface area contributed by atoms with Crippen LogP contribution in [0.15, 0.2) is 0 Å². The molecule has 2 heterocycles. The van der Waals surface area contributed by atoms with Crippen molar-refractivity contribution in [1.29, 1.82) is 0 Å². The molecular weight excluding hydrogens is 248 g/mol. The van der Waals surface area contributed by atoms with Crippen molar-refractivity contribution in [2.24, 2.45) is 11.8 Å². The average Bonchev–Trinajstić information content (AvgIpc) is 2.86. The maximum Gasteiger partial charge on any atom is 0.151 e. The van der Waals surface area contributed by atoms with E-state index in [4.69, 9.17) is 0 Å². The van der Waals surface area contributed by atoms with Crippen molar-refractivity contribution in [2.75, 3.05) is 37.7 Å². The topological polar surface area (TPSA) is 49.4 Å². The second kappa shape index (κ2) is 5.10. The molecule has 18 heavy (non-hydrogen) atoms. The maximum absolute atomic E-state index is 11.6. The summed E-state index contributed by atoms with van der Waals surface area (Å²) in [6, 6.07) is 0.610. The number of hydrogen-bond acceptors (Lipinski definition) is 4. The lowest BCUT2D eigenvalue weighted by Gasteiger charge is -2.26. The molecular formula is C13H24N2O2S. The zero-order valence-electron chi connectivity index (χ0n) is 11.0. The van der Waals surface area contributed by atoms with E-state index in [2.05, 4.69) is 10.2 Å². The molecule has 4 nitrogen and oxygen atoms in total. The number of sulfone groups is 1. The first-order valence-corrected chi connectivity index (χ1v) is 9.12. The molecule has 0 radical (unpaired) electrons. The first-order valence-electron chi connectivity index (χ1n) is 7.30. The van der Waals surface area contributed by atoms with E-state index in [0.717, 1.165) is 37.9 Å². The van der Waals surface area contributed by atoms with Gasteiger partial charge in [0.2, 0.25) is 0 Å². The lowest BCUT2D eigenvalue weighted by atomic mass is 9.94. The minimum atomic E-state index is -2.77. The van der Waals surface area contributed by atoms with Crippen LogP contribution in [0.1, 0.15) is 25.7 Å².